The predicted molar refractivity (Wildman–Crippen MR) is 98.6 cm³/mol. The lowest BCUT2D eigenvalue weighted by Gasteiger charge is -2.33. The number of morpholine rings is 1. The van der Waals surface area contributed by atoms with Gasteiger partial charge in [0.15, 0.2) is 5.96 Å². The Bertz CT molecular complexity index is 321. The summed E-state index contributed by atoms with van der Waals surface area (Å²) in [6, 6.07) is 0.637. The van der Waals surface area contributed by atoms with Gasteiger partial charge in [-0.1, -0.05) is 13.8 Å². The molecule has 2 fully saturated rings. The quantitative estimate of drug-likeness (QED) is 0.398. The van der Waals surface area contributed by atoms with E-state index in [-0.39, 0.29) is 30.1 Å². The van der Waals surface area contributed by atoms with E-state index in [1.807, 2.05) is 0 Å². The minimum absolute atomic E-state index is 0. The zero-order chi connectivity index (χ0) is 14.4. The van der Waals surface area contributed by atoms with Gasteiger partial charge in [0.1, 0.15) is 0 Å². The van der Waals surface area contributed by atoms with Crippen molar-refractivity contribution in [2.24, 2.45) is 10.9 Å². The number of guanidine groups is 1. The number of nitrogens with one attached hydrogen (secondary N) is 2. The number of hydrogen-bond donors (Lipinski definition) is 2. The monoisotopic (exact) mass is 410 g/mol. The summed E-state index contributed by atoms with van der Waals surface area (Å²) in [5.74, 6) is 1.66. The highest BCUT2D eigenvalue weighted by molar-refractivity contribution is 14.0. The van der Waals surface area contributed by atoms with Gasteiger partial charge in [-0.2, -0.15) is 0 Å². The van der Waals surface area contributed by atoms with Crippen molar-refractivity contribution >= 4 is 29.9 Å². The molecule has 6 heteroatoms. The highest BCUT2D eigenvalue weighted by atomic mass is 127. The minimum Gasteiger partial charge on any atom is -0.374 e. The molecule has 1 atom stereocenters. The first-order valence-corrected chi connectivity index (χ1v) is 8.06. The third kappa shape index (κ3) is 7.65. The predicted octanol–water partition coefficient (Wildman–Crippen LogP) is 1.68. The molecule has 0 spiro atoms. The van der Waals surface area contributed by atoms with Crippen molar-refractivity contribution in [1.29, 1.82) is 0 Å². The molecule has 1 saturated heterocycles. The Morgan fingerprint density at radius 1 is 1.38 bits per heavy atom. The zero-order valence-corrected chi connectivity index (χ0v) is 15.9. The lowest BCUT2D eigenvalue weighted by atomic mass is 10.2. The SMILES string of the molecule is CCNC(=NCC1CN(CC(C)C)CCO1)NC1CC1.I. The van der Waals surface area contributed by atoms with Crippen molar-refractivity contribution in [1.82, 2.24) is 15.5 Å². The van der Waals surface area contributed by atoms with Crippen molar-refractivity contribution in [3.63, 3.8) is 0 Å². The molecule has 2 rings (SSSR count). The molecule has 1 saturated carbocycles. The van der Waals surface area contributed by atoms with E-state index in [0.717, 1.165) is 45.3 Å². The first kappa shape index (κ1) is 19.0. The van der Waals surface area contributed by atoms with Crippen molar-refractivity contribution in [3.05, 3.63) is 0 Å². The molecule has 0 aromatic rings. The summed E-state index contributed by atoms with van der Waals surface area (Å²) in [4.78, 5) is 7.17. The van der Waals surface area contributed by atoms with Gasteiger partial charge in [-0.05, 0) is 25.7 Å². The Hall–Kier alpha value is -0.0800. The molecule has 0 bridgehead atoms. The fourth-order valence-corrected chi connectivity index (χ4v) is 2.51. The van der Waals surface area contributed by atoms with Gasteiger partial charge >= 0.3 is 0 Å². The van der Waals surface area contributed by atoms with Crippen molar-refractivity contribution in [2.75, 3.05) is 39.3 Å². The fourth-order valence-electron chi connectivity index (χ4n) is 2.51. The number of nitrogens with zero attached hydrogens (tertiary/aromatic N) is 2. The second-order valence-corrected chi connectivity index (χ2v) is 6.28. The van der Waals surface area contributed by atoms with Crippen LogP contribution in [0.4, 0.5) is 0 Å². The molecule has 21 heavy (non-hydrogen) atoms. The van der Waals surface area contributed by atoms with Gasteiger partial charge in [0.05, 0.1) is 19.3 Å². The van der Waals surface area contributed by atoms with E-state index < -0.39 is 0 Å². The van der Waals surface area contributed by atoms with E-state index in [0.29, 0.717) is 12.0 Å². The highest BCUT2D eigenvalue weighted by Gasteiger charge is 2.23. The third-order valence-electron chi connectivity index (χ3n) is 3.56. The molecule has 1 heterocycles. The summed E-state index contributed by atoms with van der Waals surface area (Å²) < 4.78 is 5.83. The van der Waals surface area contributed by atoms with E-state index in [1.54, 1.807) is 0 Å². The summed E-state index contributed by atoms with van der Waals surface area (Å²) in [6.45, 7) is 12.3. The molecule has 0 aromatic carbocycles. The van der Waals surface area contributed by atoms with Gasteiger partial charge < -0.3 is 15.4 Å². The third-order valence-corrected chi connectivity index (χ3v) is 3.56. The molecule has 0 radical (unpaired) electrons. The van der Waals surface area contributed by atoms with Crippen molar-refractivity contribution in [3.8, 4) is 0 Å². The summed E-state index contributed by atoms with van der Waals surface area (Å²) in [6.07, 6.45) is 2.77. The average molecular weight is 410 g/mol. The van der Waals surface area contributed by atoms with E-state index in [1.165, 1.54) is 12.8 Å². The minimum atomic E-state index is 0. The molecular weight excluding hydrogens is 379 g/mol. The van der Waals surface area contributed by atoms with Gasteiger partial charge in [0.25, 0.3) is 0 Å². The summed E-state index contributed by atoms with van der Waals surface area (Å²) in [5.41, 5.74) is 0. The zero-order valence-electron chi connectivity index (χ0n) is 13.6. The van der Waals surface area contributed by atoms with Crippen LogP contribution in [0.25, 0.3) is 0 Å². The van der Waals surface area contributed by atoms with Crippen LogP contribution in [0.2, 0.25) is 0 Å². The maximum absolute atomic E-state index is 5.83. The first-order valence-electron chi connectivity index (χ1n) is 8.06. The van der Waals surface area contributed by atoms with Crippen LogP contribution >= 0.6 is 24.0 Å². The van der Waals surface area contributed by atoms with Crippen LogP contribution in [0.1, 0.15) is 33.6 Å². The number of halogens is 1. The van der Waals surface area contributed by atoms with Crippen LogP contribution in [-0.2, 0) is 4.74 Å². The van der Waals surface area contributed by atoms with Gasteiger partial charge in [-0.15, -0.1) is 24.0 Å². The second kappa shape index (κ2) is 9.84. The first-order chi connectivity index (χ1) is 9.67. The van der Waals surface area contributed by atoms with E-state index in [9.17, 15) is 0 Å². The normalized spacial score (nSPS) is 23.8. The van der Waals surface area contributed by atoms with Crippen LogP contribution in [0.3, 0.4) is 0 Å². The number of ether oxygens (including phenoxy) is 1. The van der Waals surface area contributed by atoms with E-state index in [4.69, 9.17) is 4.74 Å². The standard InChI is InChI=1S/C15H30N4O.HI/c1-4-16-15(18-13-5-6-13)17-9-14-11-19(7-8-20-14)10-12(2)3;/h12-14H,4-11H2,1-3H3,(H2,16,17,18);1H. The average Bonchev–Trinajstić information content (AvgIpc) is 3.20. The summed E-state index contributed by atoms with van der Waals surface area (Å²) >= 11 is 0. The smallest absolute Gasteiger partial charge is 0.191 e. The van der Waals surface area contributed by atoms with Gasteiger partial charge in [-0.25, -0.2) is 0 Å². The number of hydrogen-bond acceptors (Lipinski definition) is 3. The fraction of sp³-hybridized carbons (Fsp3) is 0.933. The molecule has 1 unspecified atom stereocenters. The van der Waals surface area contributed by atoms with Crippen LogP contribution in [0.5, 0.6) is 0 Å². The Morgan fingerprint density at radius 2 is 2.14 bits per heavy atom. The van der Waals surface area contributed by atoms with Crippen LogP contribution in [0, 0.1) is 5.92 Å². The molecule has 0 aromatic heterocycles. The maximum Gasteiger partial charge on any atom is 0.191 e. The topological polar surface area (TPSA) is 48.9 Å². The van der Waals surface area contributed by atoms with Crippen LogP contribution in [-0.4, -0.2) is 62.3 Å². The molecule has 1 aliphatic heterocycles. The second-order valence-electron chi connectivity index (χ2n) is 6.28. The molecule has 5 nitrogen and oxygen atoms in total. The molecule has 1 aliphatic carbocycles. The molecule has 2 N–H and O–H groups in total. The van der Waals surface area contributed by atoms with Crippen molar-refractivity contribution in [2.45, 2.75) is 45.8 Å². The molecular formula is C15H31IN4O. The van der Waals surface area contributed by atoms with Gasteiger partial charge in [0.2, 0.25) is 0 Å². The largest absolute Gasteiger partial charge is 0.374 e. The highest BCUT2D eigenvalue weighted by Crippen LogP contribution is 2.18. The number of aliphatic imine (C=N–C) groups is 1. The van der Waals surface area contributed by atoms with E-state index in [2.05, 4.69) is 41.3 Å². The van der Waals surface area contributed by atoms with Gasteiger partial charge in [0, 0.05) is 32.2 Å². The van der Waals surface area contributed by atoms with Crippen molar-refractivity contribution < 1.29 is 4.74 Å². The Balaban J connectivity index is 0.00000220. The summed E-state index contributed by atoms with van der Waals surface area (Å²) in [7, 11) is 0. The lowest BCUT2D eigenvalue weighted by Crippen LogP contribution is -2.46. The molecule has 2 aliphatic rings. The van der Waals surface area contributed by atoms with Crippen LogP contribution < -0.4 is 10.6 Å². The maximum atomic E-state index is 5.83. The Kier molecular flexibility index (Phi) is 8.89. The molecule has 0 amide bonds. The molecule has 124 valence electrons. The number of rotatable bonds is 6. The van der Waals surface area contributed by atoms with E-state index >= 15 is 0 Å². The summed E-state index contributed by atoms with van der Waals surface area (Å²) in [5, 5.41) is 6.75. The Labute approximate surface area is 146 Å². The van der Waals surface area contributed by atoms with Crippen LogP contribution in [0.15, 0.2) is 4.99 Å². The lowest BCUT2D eigenvalue weighted by molar-refractivity contribution is -0.0261. The Morgan fingerprint density at radius 3 is 2.76 bits per heavy atom. The van der Waals surface area contributed by atoms with Gasteiger partial charge in [-0.3, -0.25) is 9.89 Å².